The van der Waals surface area contributed by atoms with Gasteiger partial charge < -0.3 is 149 Å². The van der Waals surface area contributed by atoms with Gasteiger partial charge in [0.1, 0.15) is 110 Å². The highest BCUT2D eigenvalue weighted by molar-refractivity contribution is 5.99. The van der Waals surface area contributed by atoms with Gasteiger partial charge in [-0.25, -0.2) is 4.98 Å². The Labute approximate surface area is 545 Å². The molecule has 3 aliphatic rings. The third kappa shape index (κ3) is 22.4. The summed E-state index contributed by atoms with van der Waals surface area (Å²) in [5, 5.41) is 154. The maximum atomic E-state index is 14.8. The number of rotatable bonds is 36. The van der Waals surface area contributed by atoms with E-state index in [1.807, 2.05) is 0 Å². The topological polar surface area (TPSA) is 671 Å². The fourth-order valence-corrected chi connectivity index (χ4v) is 10.1. The normalized spacial score (nSPS) is 26.3. The number of aliphatic carboxylic acids is 2. The minimum atomic E-state index is -2.11. The van der Waals surface area contributed by atoms with Crippen LogP contribution in [0.1, 0.15) is 66.0 Å². The summed E-state index contributed by atoms with van der Waals surface area (Å²) in [5.74, 6) is -15.0. The number of carbonyl (C=O) groups is 12. The molecule has 0 saturated carbocycles. The molecule has 1 aromatic rings. The molecule has 3 saturated heterocycles. The number of carbonyl (C=O) groups excluding carboxylic acids is 10. The Morgan fingerprint density at radius 1 is 0.646 bits per heavy atom. The molecule has 3 fully saturated rings. The smallest absolute Gasteiger partial charge is 0.322 e. The maximum Gasteiger partial charge on any atom is 0.322 e. The molecule has 23 atom stereocenters. The molecule has 96 heavy (non-hydrogen) atoms. The van der Waals surface area contributed by atoms with E-state index < -0.39 is 263 Å². The molecule has 0 aliphatic carbocycles. The van der Waals surface area contributed by atoms with Gasteiger partial charge in [-0.3, -0.25) is 57.5 Å². The van der Waals surface area contributed by atoms with Crippen molar-refractivity contribution in [3.8, 4) is 0 Å². The van der Waals surface area contributed by atoms with Gasteiger partial charge in [-0.05, 0) is 47.0 Å². The average molecular weight is 1380 g/mol. The summed E-state index contributed by atoms with van der Waals surface area (Å²) in [6.07, 6.45) is -23.3. The van der Waals surface area contributed by atoms with Crippen LogP contribution < -0.4 is 53.6 Å². The molecule has 1 aromatic heterocycles. The van der Waals surface area contributed by atoms with Gasteiger partial charge in [0.2, 0.25) is 59.1 Å². The van der Waals surface area contributed by atoms with Crippen molar-refractivity contribution in [3.05, 3.63) is 18.2 Å². The van der Waals surface area contributed by atoms with Crippen LogP contribution in [0.2, 0.25) is 0 Å². The number of ether oxygens (including phenoxy) is 4. The zero-order valence-electron chi connectivity index (χ0n) is 52.5. The van der Waals surface area contributed by atoms with Crippen LogP contribution in [-0.4, -0.2) is 332 Å². The van der Waals surface area contributed by atoms with E-state index in [2.05, 4.69) is 57.8 Å². The number of hydrogen-bond acceptors (Lipinski definition) is 29. The molecule has 42 nitrogen and oxygen atoms in total. The van der Waals surface area contributed by atoms with Gasteiger partial charge in [0.25, 0.3) is 0 Å². The number of H-pyrrole nitrogens is 1. The predicted molar refractivity (Wildman–Crippen MR) is 314 cm³/mol. The Bertz CT molecular complexity index is 2820. The molecular formula is C54H87N13O29. The number of amides is 10. The fraction of sp³-hybridized carbons (Fsp3) is 0.722. The van der Waals surface area contributed by atoms with Crippen molar-refractivity contribution in [1.82, 2.24) is 62.7 Å². The van der Waals surface area contributed by atoms with E-state index in [9.17, 15) is 124 Å². The van der Waals surface area contributed by atoms with Crippen LogP contribution in [-0.2, 0) is 82.9 Å². The van der Waals surface area contributed by atoms with E-state index in [1.54, 1.807) is 0 Å². The number of nitrogens with zero attached hydrogens (tertiary/aromatic N) is 2. The summed E-state index contributed by atoms with van der Waals surface area (Å²) < 4.78 is 23.3. The fourth-order valence-electron chi connectivity index (χ4n) is 10.1. The monoisotopic (exact) mass is 1380 g/mol. The minimum Gasteiger partial charge on any atom is -0.481 e. The number of carboxylic acid groups (broad SMARTS) is 2. The molecule has 4 heterocycles. The Balaban J connectivity index is 1.63. The number of nitrogens with two attached hydrogens (primary N) is 1. The molecule has 0 bridgehead atoms. The molecule has 25 N–H and O–H groups in total. The molecule has 3 aliphatic heterocycles. The lowest BCUT2D eigenvalue weighted by Crippen LogP contribution is -2.69. The molecule has 42 heteroatoms. The van der Waals surface area contributed by atoms with Crippen LogP contribution in [0.15, 0.2) is 12.5 Å². The molecule has 0 aromatic carbocycles. The molecule has 4 rings (SSSR count). The lowest BCUT2D eigenvalue weighted by molar-refractivity contribution is -0.347. The number of hydrogen-bond donors (Lipinski definition) is 24. The second kappa shape index (κ2) is 37.6. The van der Waals surface area contributed by atoms with Crippen molar-refractivity contribution >= 4 is 71.0 Å². The SMILES string of the molecule is CC(=O)N[C@H]1[C@@H](O[C@@H](C)[C@H](NC(=O)[C@H](CO)NC(=O)[C@H](Cc2cnc[nH]2)NC(=O)[C@H](CO)NC(=O)[C@@H](NC(=O)[C@@H](NC(=O)[C@H](CCC(=O)O)NC(=O)[C@@H](N)[C@@H](C)O)[C@@H](C)O)[C@@H](C)O)C(=O)N2CCC[C@H]2C(=O)NCC(=O)O)O[C@H](CO)[C@H](O)[C@@H]1O[C@@H]1O[C@H](CO)[C@H](O)[C@H](O)[C@H]1O. The van der Waals surface area contributed by atoms with Gasteiger partial charge in [0.05, 0.1) is 57.2 Å². The highest BCUT2D eigenvalue weighted by Gasteiger charge is 2.53. The molecule has 0 spiro atoms. The largest absolute Gasteiger partial charge is 0.481 e. The number of imidazole rings is 1. The summed E-state index contributed by atoms with van der Waals surface area (Å²) in [5.41, 5.74) is 5.75. The summed E-state index contributed by atoms with van der Waals surface area (Å²) in [6, 6.07) is -18.7. The third-order valence-electron chi connectivity index (χ3n) is 15.5. The first-order valence-corrected chi connectivity index (χ1v) is 30.1. The van der Waals surface area contributed by atoms with Crippen LogP contribution in [0.25, 0.3) is 0 Å². The predicted octanol–water partition coefficient (Wildman–Crippen LogP) is -14.0. The summed E-state index contributed by atoms with van der Waals surface area (Å²) in [7, 11) is 0. The first kappa shape index (κ1) is 80.6. The number of aliphatic hydroxyl groups excluding tert-OH is 11. The second-order valence-electron chi connectivity index (χ2n) is 22.9. The van der Waals surface area contributed by atoms with Crippen molar-refractivity contribution in [2.45, 2.75) is 207 Å². The van der Waals surface area contributed by atoms with Crippen molar-refractivity contribution in [2.24, 2.45) is 5.73 Å². The van der Waals surface area contributed by atoms with Crippen LogP contribution in [0.4, 0.5) is 0 Å². The number of aromatic nitrogens is 2. The van der Waals surface area contributed by atoms with E-state index in [1.165, 1.54) is 6.20 Å². The highest BCUT2D eigenvalue weighted by atomic mass is 16.7. The van der Waals surface area contributed by atoms with E-state index >= 15 is 0 Å². The Morgan fingerprint density at radius 2 is 1.16 bits per heavy atom. The Morgan fingerprint density at radius 3 is 1.69 bits per heavy atom. The van der Waals surface area contributed by atoms with Crippen LogP contribution in [0.3, 0.4) is 0 Å². The molecule has 10 amide bonds. The lowest BCUT2D eigenvalue weighted by atomic mass is 9.95. The van der Waals surface area contributed by atoms with Crippen molar-refractivity contribution < 1.29 is 143 Å². The quantitative estimate of drug-likeness (QED) is 0.0297. The molecule has 542 valence electrons. The van der Waals surface area contributed by atoms with E-state index in [0.29, 0.717) is 0 Å². The first-order valence-electron chi connectivity index (χ1n) is 30.1. The number of aromatic amines is 1. The zero-order chi connectivity index (χ0) is 72.2. The lowest BCUT2D eigenvalue weighted by Gasteiger charge is -2.48. The molecular weight excluding hydrogens is 1290 g/mol. The zero-order valence-corrected chi connectivity index (χ0v) is 52.5. The number of carboxylic acids is 2. The van der Waals surface area contributed by atoms with Gasteiger partial charge in [0.15, 0.2) is 12.6 Å². The van der Waals surface area contributed by atoms with Gasteiger partial charge in [-0.2, -0.15) is 0 Å². The van der Waals surface area contributed by atoms with Crippen molar-refractivity contribution in [2.75, 3.05) is 39.5 Å². The Hall–Kier alpha value is -7.79. The second-order valence-corrected chi connectivity index (χ2v) is 22.9. The van der Waals surface area contributed by atoms with Crippen LogP contribution in [0.5, 0.6) is 0 Å². The average Bonchev–Trinajstić information content (AvgIpc) is 0.796. The van der Waals surface area contributed by atoms with Crippen molar-refractivity contribution in [1.29, 1.82) is 0 Å². The standard InChI is InChI=1S/C54H87N13O29/c1-19(72)34(55)49(89)60-25(8-9-32(76)77)44(84)64-36(21(3)74)51(91)65-35(20(2)73)50(90)63-27(14-68)46(86)61-26(11-24-12-56-18-58-24)45(85)62-28(15-69)47(87)66-37(52(92)67-10-6-7-29(67)48(88)57-13-33(78)79)22(4)93-53-38(59-23(5)75)43(40(81)31(17-71)94-53)96-54-42(83)41(82)39(80)30(16-70)95-54/h12,18-22,25-31,34-43,53-54,68-74,80-83H,6-11,13-17,55H2,1-5H3,(H,56,58)(H,57,88)(H,59,75)(H,60,89)(H,61,86)(H,62,85)(H,63,90)(H,64,84)(H,65,91)(H,66,87)(H,76,77)(H,78,79)/t19-,20-,21-,22+,25+,26+,27+,28+,29+,30-,31-,34+,35+,36+,37+,38-,39+,40+,41+,42-,43-,53+,54+/m1/s1. The van der Waals surface area contributed by atoms with Gasteiger partial charge >= 0.3 is 11.9 Å². The minimum absolute atomic E-state index is 0.0480. The number of aliphatic hydroxyl groups is 11. The first-order chi connectivity index (χ1) is 45.1. The Kier molecular flexibility index (Phi) is 31.6. The number of likely N-dealkylation sites (tertiary alicyclic amines) is 1. The summed E-state index contributed by atoms with van der Waals surface area (Å²) in [4.78, 5) is 167. The third-order valence-corrected chi connectivity index (χ3v) is 15.5. The molecule has 0 unspecified atom stereocenters. The maximum absolute atomic E-state index is 14.8. The van der Waals surface area contributed by atoms with Gasteiger partial charge in [-0.1, -0.05) is 0 Å². The van der Waals surface area contributed by atoms with Gasteiger partial charge in [-0.15, -0.1) is 0 Å². The summed E-state index contributed by atoms with van der Waals surface area (Å²) >= 11 is 0. The van der Waals surface area contributed by atoms with Crippen LogP contribution >= 0.6 is 0 Å². The van der Waals surface area contributed by atoms with E-state index in [-0.39, 0.29) is 25.1 Å². The number of nitrogens with one attached hydrogen (secondary N) is 10. The van der Waals surface area contributed by atoms with E-state index in [4.69, 9.17) is 24.7 Å². The summed E-state index contributed by atoms with van der Waals surface area (Å²) in [6.45, 7) is -0.350. The highest BCUT2D eigenvalue weighted by Crippen LogP contribution is 2.31. The van der Waals surface area contributed by atoms with Crippen molar-refractivity contribution in [3.63, 3.8) is 0 Å². The van der Waals surface area contributed by atoms with Crippen LogP contribution in [0, 0.1) is 0 Å². The molecule has 0 radical (unpaired) electrons. The van der Waals surface area contributed by atoms with Gasteiger partial charge in [0, 0.05) is 38.2 Å². The van der Waals surface area contributed by atoms with E-state index in [0.717, 1.165) is 45.8 Å².